The number of carbonyl (C=O) groups is 1. The zero-order chi connectivity index (χ0) is 21.4. The molecule has 2 atom stereocenters. The number of amides is 1. The van der Waals surface area contributed by atoms with Gasteiger partial charge in [-0.1, -0.05) is 48.2 Å². The van der Waals surface area contributed by atoms with Crippen LogP contribution in [0, 0.1) is 0 Å². The molecule has 0 aliphatic carbocycles. The predicted molar refractivity (Wildman–Crippen MR) is 126 cm³/mol. The van der Waals surface area contributed by atoms with Crippen molar-refractivity contribution in [2.24, 2.45) is 4.99 Å². The summed E-state index contributed by atoms with van der Waals surface area (Å²) in [6, 6.07) is 17.5. The number of hydrogen-bond donors (Lipinski definition) is 1. The van der Waals surface area contributed by atoms with Gasteiger partial charge in [-0.2, -0.15) is 0 Å². The number of fused-ring (bicyclic) bond motifs is 1. The highest BCUT2D eigenvalue weighted by Gasteiger charge is 2.42. The van der Waals surface area contributed by atoms with Gasteiger partial charge in [-0.3, -0.25) is 9.79 Å². The Kier molecular flexibility index (Phi) is 5.35. The Labute approximate surface area is 186 Å². The van der Waals surface area contributed by atoms with Crippen molar-refractivity contribution < 1.29 is 13.2 Å². The number of amidine groups is 1. The van der Waals surface area contributed by atoms with E-state index in [2.05, 4.69) is 28.5 Å². The van der Waals surface area contributed by atoms with Gasteiger partial charge < -0.3 is 10.2 Å². The molecular formula is C23H23N3O3S2. The van der Waals surface area contributed by atoms with Gasteiger partial charge in [0.05, 0.1) is 17.5 Å². The van der Waals surface area contributed by atoms with Crippen LogP contribution >= 0.6 is 11.8 Å². The Morgan fingerprint density at radius 2 is 1.84 bits per heavy atom. The maximum Gasteiger partial charge on any atom is 0.254 e. The predicted octanol–water partition coefficient (Wildman–Crippen LogP) is 3.30. The number of rotatable bonds is 3. The molecule has 0 spiro atoms. The first-order valence-corrected chi connectivity index (χ1v) is 13.0. The summed E-state index contributed by atoms with van der Waals surface area (Å²) >= 11 is 1.49. The summed E-state index contributed by atoms with van der Waals surface area (Å²) in [6.07, 6.45) is 2.99. The molecule has 0 radical (unpaired) electrons. The Morgan fingerprint density at radius 3 is 2.52 bits per heavy atom. The van der Waals surface area contributed by atoms with Crippen molar-refractivity contribution in [1.82, 2.24) is 4.90 Å². The number of carbonyl (C=O) groups excluding carboxylic acids is 1. The van der Waals surface area contributed by atoms with Gasteiger partial charge in [-0.15, -0.1) is 0 Å². The van der Waals surface area contributed by atoms with Gasteiger partial charge in [0.15, 0.2) is 15.0 Å². The third kappa shape index (κ3) is 4.41. The lowest BCUT2D eigenvalue weighted by Crippen LogP contribution is -2.34. The summed E-state index contributed by atoms with van der Waals surface area (Å²) in [4.78, 5) is 19.3. The molecule has 160 valence electrons. The third-order valence-corrected chi connectivity index (χ3v) is 8.98. The minimum Gasteiger partial charge on any atom is -0.335 e. The van der Waals surface area contributed by atoms with E-state index >= 15 is 0 Å². The molecule has 6 nitrogen and oxygen atoms in total. The van der Waals surface area contributed by atoms with Crippen molar-refractivity contribution in [1.29, 1.82) is 0 Å². The van der Waals surface area contributed by atoms with Gasteiger partial charge in [0, 0.05) is 29.6 Å². The molecule has 31 heavy (non-hydrogen) atoms. The first-order valence-electron chi connectivity index (χ1n) is 10.3. The molecule has 1 saturated heterocycles. The number of hydrogen-bond acceptors (Lipinski definition) is 6. The standard InChI is InChI=1S/C23H23N3O3S2/c27-22(26-12-10-17(11-13-26)16-4-2-1-3-5-16)18-6-8-19(9-7-18)24-23-25-20-14-31(28,29)15-21(20)30-23/h1-10,20-21H,11-15H2,(H,24,25)/t20-,21+/m1/s1. The fraction of sp³-hybridized carbons (Fsp3) is 0.304. The van der Waals surface area contributed by atoms with E-state index in [0.29, 0.717) is 18.7 Å². The van der Waals surface area contributed by atoms with Crippen molar-refractivity contribution in [3.05, 3.63) is 71.8 Å². The van der Waals surface area contributed by atoms with Crippen LogP contribution < -0.4 is 5.32 Å². The molecule has 1 amide bonds. The van der Waals surface area contributed by atoms with Crippen LogP contribution in [0.3, 0.4) is 0 Å². The fourth-order valence-corrected chi connectivity index (χ4v) is 7.86. The summed E-state index contributed by atoms with van der Waals surface area (Å²) in [6.45, 7) is 1.32. The van der Waals surface area contributed by atoms with Gasteiger partial charge in [0.2, 0.25) is 0 Å². The number of thioether (sulfide) groups is 1. The summed E-state index contributed by atoms with van der Waals surface area (Å²) in [5.41, 5.74) is 4.01. The topological polar surface area (TPSA) is 78.8 Å². The molecule has 5 rings (SSSR count). The highest BCUT2D eigenvalue weighted by molar-refractivity contribution is 8.15. The molecule has 2 aromatic rings. The molecule has 0 unspecified atom stereocenters. The SMILES string of the molecule is O=C(c1ccc(NC2=N[C@@H]3CS(=O)(=O)C[C@@H]3S2)cc1)N1CC=C(c2ccccc2)CC1. The average molecular weight is 454 g/mol. The van der Waals surface area contributed by atoms with Crippen LogP contribution in [0.5, 0.6) is 0 Å². The van der Waals surface area contributed by atoms with Crippen LogP contribution in [0.2, 0.25) is 0 Å². The molecule has 2 aromatic carbocycles. The molecule has 0 saturated carbocycles. The minimum absolute atomic E-state index is 0.0151. The van der Waals surface area contributed by atoms with E-state index in [0.717, 1.165) is 17.3 Å². The van der Waals surface area contributed by atoms with Crippen LogP contribution in [0.1, 0.15) is 22.3 Å². The fourth-order valence-electron chi connectivity index (χ4n) is 4.19. The first-order chi connectivity index (χ1) is 15.0. The number of nitrogens with zero attached hydrogens (tertiary/aromatic N) is 2. The molecular weight excluding hydrogens is 430 g/mol. The monoisotopic (exact) mass is 453 g/mol. The van der Waals surface area contributed by atoms with Crippen molar-refractivity contribution in [3.63, 3.8) is 0 Å². The average Bonchev–Trinajstić information content (AvgIpc) is 3.27. The van der Waals surface area contributed by atoms with E-state index in [1.54, 1.807) is 0 Å². The Hall–Kier alpha value is -2.58. The zero-order valence-corrected chi connectivity index (χ0v) is 18.5. The highest BCUT2D eigenvalue weighted by atomic mass is 32.2. The molecule has 0 bridgehead atoms. The van der Waals surface area contributed by atoms with E-state index in [9.17, 15) is 13.2 Å². The molecule has 1 N–H and O–H groups in total. The lowest BCUT2D eigenvalue weighted by molar-refractivity contribution is 0.0773. The summed E-state index contributed by atoms with van der Waals surface area (Å²) in [5, 5.41) is 4.01. The van der Waals surface area contributed by atoms with Gasteiger partial charge >= 0.3 is 0 Å². The molecule has 8 heteroatoms. The molecule has 3 heterocycles. The van der Waals surface area contributed by atoms with E-state index in [4.69, 9.17) is 0 Å². The van der Waals surface area contributed by atoms with Crippen molar-refractivity contribution in [2.75, 3.05) is 29.9 Å². The second kappa shape index (κ2) is 8.16. The molecule has 3 aliphatic heterocycles. The number of benzene rings is 2. The Morgan fingerprint density at radius 1 is 1.06 bits per heavy atom. The van der Waals surface area contributed by atoms with Gasteiger partial charge in [-0.05, 0) is 41.8 Å². The van der Waals surface area contributed by atoms with Crippen molar-refractivity contribution >= 4 is 43.9 Å². The third-order valence-electron chi connectivity index (χ3n) is 5.84. The van der Waals surface area contributed by atoms with Crippen molar-refractivity contribution in [2.45, 2.75) is 17.7 Å². The number of anilines is 1. The smallest absolute Gasteiger partial charge is 0.254 e. The molecule has 0 aromatic heterocycles. The Balaban J connectivity index is 1.20. The highest BCUT2D eigenvalue weighted by Crippen LogP contribution is 2.34. The quantitative estimate of drug-likeness (QED) is 0.772. The van der Waals surface area contributed by atoms with E-state index in [1.165, 1.54) is 22.9 Å². The van der Waals surface area contributed by atoms with E-state index in [1.807, 2.05) is 47.4 Å². The Bertz CT molecular complexity index is 1160. The summed E-state index contributed by atoms with van der Waals surface area (Å²) < 4.78 is 23.4. The van der Waals surface area contributed by atoms with Crippen molar-refractivity contribution in [3.8, 4) is 0 Å². The lowest BCUT2D eigenvalue weighted by atomic mass is 9.99. The van der Waals surface area contributed by atoms with E-state index in [-0.39, 0.29) is 28.7 Å². The first kappa shape index (κ1) is 20.3. The summed E-state index contributed by atoms with van der Waals surface area (Å²) in [5.74, 6) is 0.363. The lowest BCUT2D eigenvalue weighted by Gasteiger charge is -2.27. The second-order valence-corrected chi connectivity index (χ2v) is 11.4. The number of nitrogens with one attached hydrogen (secondary N) is 1. The molecule has 3 aliphatic rings. The van der Waals surface area contributed by atoms with Crippen LogP contribution in [0.4, 0.5) is 5.69 Å². The second-order valence-electron chi connectivity index (χ2n) is 8.03. The van der Waals surface area contributed by atoms with Gasteiger partial charge in [-0.25, -0.2) is 8.42 Å². The summed E-state index contributed by atoms with van der Waals surface area (Å²) in [7, 11) is -2.95. The van der Waals surface area contributed by atoms with Crippen LogP contribution in [0.25, 0.3) is 5.57 Å². The van der Waals surface area contributed by atoms with Crippen LogP contribution in [0.15, 0.2) is 65.7 Å². The number of sulfone groups is 1. The van der Waals surface area contributed by atoms with E-state index < -0.39 is 9.84 Å². The zero-order valence-electron chi connectivity index (χ0n) is 16.9. The van der Waals surface area contributed by atoms with Gasteiger partial charge in [0.1, 0.15) is 0 Å². The van der Waals surface area contributed by atoms with Gasteiger partial charge in [0.25, 0.3) is 5.91 Å². The number of aliphatic imine (C=N–C) groups is 1. The maximum absolute atomic E-state index is 12.9. The molecule has 1 fully saturated rings. The normalized spacial score (nSPS) is 24.3. The maximum atomic E-state index is 12.9. The minimum atomic E-state index is -2.95. The van der Waals surface area contributed by atoms with Crippen LogP contribution in [-0.2, 0) is 9.84 Å². The largest absolute Gasteiger partial charge is 0.335 e. The van der Waals surface area contributed by atoms with Crippen LogP contribution in [-0.4, -0.2) is 60.3 Å².